The third kappa shape index (κ3) is 6.10. The minimum Gasteiger partial charge on any atom is -0.383 e. The first kappa shape index (κ1) is 13.6. The Morgan fingerprint density at radius 3 is 2.64 bits per heavy atom. The Bertz CT molecular complexity index is 138. The SMILES string of the molecule is C=CCN(CCOC)CC(CN)OC. The molecule has 4 heteroatoms. The molecule has 0 heterocycles. The lowest BCUT2D eigenvalue weighted by Gasteiger charge is -2.24. The summed E-state index contributed by atoms with van der Waals surface area (Å²) in [6.07, 6.45) is 1.96. The van der Waals surface area contributed by atoms with Crippen molar-refractivity contribution in [3.05, 3.63) is 12.7 Å². The molecule has 0 saturated carbocycles. The second-order valence-electron chi connectivity index (χ2n) is 3.13. The summed E-state index contributed by atoms with van der Waals surface area (Å²) in [6, 6.07) is 0. The number of methoxy groups -OCH3 is 2. The third-order valence-electron chi connectivity index (χ3n) is 2.06. The molecule has 1 atom stereocenters. The molecule has 0 aliphatic rings. The summed E-state index contributed by atoms with van der Waals surface area (Å²) < 4.78 is 10.2. The Kier molecular flexibility index (Phi) is 8.87. The molecule has 1 unspecified atom stereocenters. The van der Waals surface area contributed by atoms with E-state index in [0.29, 0.717) is 6.54 Å². The van der Waals surface area contributed by atoms with E-state index in [4.69, 9.17) is 15.2 Å². The Balaban J connectivity index is 3.85. The molecule has 14 heavy (non-hydrogen) atoms. The second kappa shape index (κ2) is 9.15. The van der Waals surface area contributed by atoms with Crippen LogP contribution >= 0.6 is 0 Å². The summed E-state index contributed by atoms with van der Waals surface area (Å²) in [6.45, 7) is 7.50. The summed E-state index contributed by atoms with van der Waals surface area (Å²) in [7, 11) is 3.38. The van der Waals surface area contributed by atoms with Crippen LogP contribution in [0.3, 0.4) is 0 Å². The number of hydrogen-bond donors (Lipinski definition) is 1. The van der Waals surface area contributed by atoms with Crippen LogP contribution in [0.25, 0.3) is 0 Å². The quantitative estimate of drug-likeness (QED) is 0.539. The first-order valence-corrected chi connectivity index (χ1v) is 4.83. The van der Waals surface area contributed by atoms with Crippen LogP contribution in [0.2, 0.25) is 0 Å². The number of ether oxygens (including phenoxy) is 2. The molecule has 0 radical (unpaired) electrons. The van der Waals surface area contributed by atoms with Gasteiger partial charge in [0.2, 0.25) is 0 Å². The zero-order chi connectivity index (χ0) is 10.8. The summed E-state index contributed by atoms with van der Waals surface area (Å²) in [5.74, 6) is 0. The van der Waals surface area contributed by atoms with Crippen LogP contribution in [0.15, 0.2) is 12.7 Å². The van der Waals surface area contributed by atoms with E-state index >= 15 is 0 Å². The number of nitrogens with two attached hydrogens (primary N) is 1. The molecule has 4 nitrogen and oxygen atoms in total. The highest BCUT2D eigenvalue weighted by atomic mass is 16.5. The lowest BCUT2D eigenvalue weighted by Crippen LogP contribution is -2.39. The molecule has 0 saturated heterocycles. The molecule has 2 N–H and O–H groups in total. The zero-order valence-electron chi connectivity index (χ0n) is 9.24. The minimum atomic E-state index is 0.0896. The van der Waals surface area contributed by atoms with Crippen LogP contribution in [-0.4, -0.2) is 58.0 Å². The van der Waals surface area contributed by atoms with Crippen molar-refractivity contribution in [2.45, 2.75) is 6.10 Å². The van der Waals surface area contributed by atoms with Crippen LogP contribution in [0, 0.1) is 0 Å². The minimum absolute atomic E-state index is 0.0896. The molecule has 0 spiro atoms. The highest BCUT2D eigenvalue weighted by Crippen LogP contribution is 1.95. The molecular weight excluding hydrogens is 180 g/mol. The van der Waals surface area contributed by atoms with E-state index in [-0.39, 0.29) is 6.10 Å². The van der Waals surface area contributed by atoms with Crippen LogP contribution in [0.4, 0.5) is 0 Å². The lowest BCUT2D eigenvalue weighted by atomic mass is 10.3. The highest BCUT2D eigenvalue weighted by molar-refractivity contribution is 4.76. The van der Waals surface area contributed by atoms with E-state index in [2.05, 4.69) is 11.5 Å². The summed E-state index contributed by atoms with van der Waals surface area (Å²) >= 11 is 0. The molecule has 0 aromatic carbocycles. The van der Waals surface area contributed by atoms with Gasteiger partial charge in [-0.05, 0) is 0 Å². The van der Waals surface area contributed by atoms with Crippen molar-refractivity contribution in [2.24, 2.45) is 5.73 Å². The van der Waals surface area contributed by atoms with Crippen LogP contribution in [0.1, 0.15) is 0 Å². The van der Waals surface area contributed by atoms with E-state index in [1.807, 2.05) is 6.08 Å². The van der Waals surface area contributed by atoms with E-state index in [1.165, 1.54) is 0 Å². The van der Waals surface area contributed by atoms with E-state index in [0.717, 1.165) is 26.2 Å². The van der Waals surface area contributed by atoms with Crippen molar-refractivity contribution in [1.29, 1.82) is 0 Å². The maximum absolute atomic E-state index is 5.55. The average molecular weight is 202 g/mol. The monoisotopic (exact) mass is 202 g/mol. The van der Waals surface area contributed by atoms with Gasteiger partial charge in [0.15, 0.2) is 0 Å². The van der Waals surface area contributed by atoms with Gasteiger partial charge in [-0.1, -0.05) is 6.08 Å². The molecule has 0 amide bonds. The third-order valence-corrected chi connectivity index (χ3v) is 2.06. The molecule has 0 bridgehead atoms. The Morgan fingerprint density at radius 1 is 1.50 bits per heavy atom. The second-order valence-corrected chi connectivity index (χ2v) is 3.13. The average Bonchev–Trinajstić information content (AvgIpc) is 2.22. The first-order valence-electron chi connectivity index (χ1n) is 4.83. The fraction of sp³-hybridized carbons (Fsp3) is 0.800. The molecule has 0 aliphatic heterocycles. The van der Waals surface area contributed by atoms with Crippen molar-refractivity contribution in [2.75, 3.05) is 47.0 Å². The molecule has 0 rings (SSSR count). The molecule has 0 aliphatic carbocycles. The predicted octanol–water partition coefficient (Wildman–Crippen LogP) is 0.0945. The fourth-order valence-corrected chi connectivity index (χ4v) is 1.19. The highest BCUT2D eigenvalue weighted by Gasteiger charge is 2.10. The molecular formula is C10H22N2O2. The predicted molar refractivity (Wildman–Crippen MR) is 58.4 cm³/mol. The standard InChI is InChI=1S/C10H22N2O2/c1-4-5-12(6-7-13-2)9-10(8-11)14-3/h4,10H,1,5-9,11H2,2-3H3. The van der Waals surface area contributed by atoms with Crippen LogP contribution in [0.5, 0.6) is 0 Å². The maximum atomic E-state index is 5.55. The molecule has 0 fully saturated rings. The molecule has 84 valence electrons. The van der Waals surface area contributed by atoms with Gasteiger partial charge < -0.3 is 15.2 Å². The summed E-state index contributed by atoms with van der Waals surface area (Å²) in [5.41, 5.74) is 5.55. The van der Waals surface area contributed by atoms with Gasteiger partial charge in [0, 0.05) is 40.4 Å². The first-order chi connectivity index (χ1) is 6.78. The van der Waals surface area contributed by atoms with Crippen molar-refractivity contribution >= 4 is 0 Å². The Labute approximate surface area is 86.7 Å². The van der Waals surface area contributed by atoms with Gasteiger partial charge in [-0.2, -0.15) is 0 Å². The van der Waals surface area contributed by atoms with Gasteiger partial charge in [-0.3, -0.25) is 4.90 Å². The van der Waals surface area contributed by atoms with Crippen LogP contribution < -0.4 is 5.73 Å². The van der Waals surface area contributed by atoms with Gasteiger partial charge in [0.25, 0.3) is 0 Å². The normalized spacial score (nSPS) is 13.1. The van der Waals surface area contributed by atoms with Gasteiger partial charge in [-0.25, -0.2) is 0 Å². The van der Waals surface area contributed by atoms with Gasteiger partial charge in [0.05, 0.1) is 12.7 Å². The maximum Gasteiger partial charge on any atom is 0.0820 e. The molecule has 0 aromatic rings. The van der Waals surface area contributed by atoms with E-state index in [1.54, 1.807) is 14.2 Å². The number of rotatable bonds is 9. The van der Waals surface area contributed by atoms with Crippen molar-refractivity contribution in [3.8, 4) is 0 Å². The number of hydrogen-bond acceptors (Lipinski definition) is 4. The smallest absolute Gasteiger partial charge is 0.0820 e. The Hall–Kier alpha value is -0.420. The van der Waals surface area contributed by atoms with Gasteiger partial charge in [0.1, 0.15) is 0 Å². The van der Waals surface area contributed by atoms with Crippen molar-refractivity contribution < 1.29 is 9.47 Å². The van der Waals surface area contributed by atoms with E-state index in [9.17, 15) is 0 Å². The van der Waals surface area contributed by atoms with Gasteiger partial charge >= 0.3 is 0 Å². The lowest BCUT2D eigenvalue weighted by molar-refractivity contribution is 0.0630. The fourth-order valence-electron chi connectivity index (χ4n) is 1.19. The largest absolute Gasteiger partial charge is 0.383 e. The zero-order valence-corrected chi connectivity index (χ0v) is 9.24. The summed E-state index contributed by atoms with van der Waals surface area (Å²) in [4.78, 5) is 2.21. The van der Waals surface area contributed by atoms with Crippen LogP contribution in [-0.2, 0) is 9.47 Å². The number of nitrogens with zero attached hydrogens (tertiary/aromatic N) is 1. The summed E-state index contributed by atoms with van der Waals surface area (Å²) in [5, 5.41) is 0. The van der Waals surface area contributed by atoms with E-state index < -0.39 is 0 Å². The molecule has 0 aromatic heterocycles. The Morgan fingerprint density at radius 2 is 2.21 bits per heavy atom. The topological polar surface area (TPSA) is 47.7 Å². The van der Waals surface area contributed by atoms with Crippen molar-refractivity contribution in [1.82, 2.24) is 4.90 Å². The van der Waals surface area contributed by atoms with Gasteiger partial charge in [-0.15, -0.1) is 6.58 Å². The van der Waals surface area contributed by atoms with Crippen molar-refractivity contribution in [3.63, 3.8) is 0 Å².